The molecule has 0 aliphatic carbocycles. The van der Waals surface area contributed by atoms with Crippen LogP contribution in [0.2, 0.25) is 0 Å². The smallest absolute Gasteiger partial charge is 0.228 e. The molecule has 26 heavy (non-hydrogen) atoms. The number of ether oxygens (including phenoxy) is 1. The Labute approximate surface area is 155 Å². The fourth-order valence-electron chi connectivity index (χ4n) is 4.04. The summed E-state index contributed by atoms with van der Waals surface area (Å²) in [6, 6.07) is 7.80. The quantitative estimate of drug-likeness (QED) is 0.867. The van der Waals surface area contributed by atoms with Crippen molar-refractivity contribution in [3.63, 3.8) is 0 Å². The summed E-state index contributed by atoms with van der Waals surface area (Å²) in [5.41, 5.74) is 6.93. The highest BCUT2D eigenvalue weighted by Crippen LogP contribution is 2.28. The zero-order valence-electron chi connectivity index (χ0n) is 15.7. The number of amides is 2. The van der Waals surface area contributed by atoms with Gasteiger partial charge in [0.15, 0.2) is 0 Å². The van der Waals surface area contributed by atoms with Gasteiger partial charge in [-0.05, 0) is 36.5 Å². The summed E-state index contributed by atoms with van der Waals surface area (Å²) in [4.78, 5) is 29.1. The second-order valence-electron chi connectivity index (χ2n) is 7.57. The molecule has 1 aromatic rings. The number of rotatable bonds is 5. The predicted octanol–water partition coefficient (Wildman–Crippen LogP) is 1.63. The average Bonchev–Trinajstić information content (AvgIpc) is 3.02. The number of hydrogen-bond acceptors (Lipinski definition) is 4. The van der Waals surface area contributed by atoms with Crippen molar-refractivity contribution >= 4 is 11.8 Å². The van der Waals surface area contributed by atoms with Gasteiger partial charge in [-0.1, -0.05) is 19.1 Å². The molecule has 3 atom stereocenters. The van der Waals surface area contributed by atoms with E-state index in [0.717, 1.165) is 30.7 Å². The molecule has 0 spiro atoms. The predicted molar refractivity (Wildman–Crippen MR) is 99.5 cm³/mol. The second-order valence-corrected chi connectivity index (χ2v) is 7.57. The summed E-state index contributed by atoms with van der Waals surface area (Å²) in [7, 11) is 1.63. The number of piperidine rings is 1. The van der Waals surface area contributed by atoms with Gasteiger partial charge in [-0.3, -0.25) is 9.59 Å². The van der Waals surface area contributed by atoms with Crippen LogP contribution in [-0.4, -0.2) is 54.4 Å². The Balaban J connectivity index is 1.62. The van der Waals surface area contributed by atoms with E-state index in [2.05, 4.69) is 6.92 Å². The van der Waals surface area contributed by atoms with Gasteiger partial charge in [-0.25, -0.2) is 0 Å². The standard InChI is InChI=1S/C20H29N3O3/c1-14-7-8-23(17(9-14)11-21)20(25)16-10-19(24)22(13-16)12-15-3-5-18(26-2)6-4-15/h3-6,14,16-17H,7-13,21H2,1-2H3. The minimum Gasteiger partial charge on any atom is -0.497 e. The summed E-state index contributed by atoms with van der Waals surface area (Å²) in [6.07, 6.45) is 2.27. The minimum absolute atomic E-state index is 0.0499. The third-order valence-electron chi connectivity index (χ3n) is 5.63. The van der Waals surface area contributed by atoms with E-state index in [0.29, 0.717) is 32.0 Å². The van der Waals surface area contributed by atoms with Crippen molar-refractivity contribution in [1.29, 1.82) is 0 Å². The number of carbonyl (C=O) groups is 2. The van der Waals surface area contributed by atoms with Crippen molar-refractivity contribution in [3.05, 3.63) is 29.8 Å². The van der Waals surface area contributed by atoms with E-state index < -0.39 is 0 Å². The third kappa shape index (κ3) is 4.01. The van der Waals surface area contributed by atoms with Crippen LogP contribution in [0.25, 0.3) is 0 Å². The van der Waals surface area contributed by atoms with E-state index >= 15 is 0 Å². The van der Waals surface area contributed by atoms with Crippen molar-refractivity contribution in [1.82, 2.24) is 9.80 Å². The van der Waals surface area contributed by atoms with E-state index in [1.165, 1.54) is 0 Å². The van der Waals surface area contributed by atoms with Crippen LogP contribution in [0, 0.1) is 11.8 Å². The number of methoxy groups -OCH3 is 1. The van der Waals surface area contributed by atoms with E-state index in [1.807, 2.05) is 29.2 Å². The van der Waals surface area contributed by atoms with Crippen molar-refractivity contribution in [3.8, 4) is 5.75 Å². The first-order valence-corrected chi connectivity index (χ1v) is 9.43. The van der Waals surface area contributed by atoms with Crippen LogP contribution in [0.1, 0.15) is 31.7 Å². The molecule has 0 radical (unpaired) electrons. The Morgan fingerprint density at radius 1 is 1.31 bits per heavy atom. The summed E-state index contributed by atoms with van der Waals surface area (Å²) in [6.45, 7) is 4.48. The maximum Gasteiger partial charge on any atom is 0.228 e. The van der Waals surface area contributed by atoms with Crippen LogP contribution < -0.4 is 10.5 Å². The number of hydrogen-bond donors (Lipinski definition) is 1. The minimum atomic E-state index is -0.247. The molecule has 2 fully saturated rings. The monoisotopic (exact) mass is 359 g/mol. The number of nitrogens with two attached hydrogens (primary N) is 1. The van der Waals surface area contributed by atoms with Gasteiger partial charge in [0, 0.05) is 38.6 Å². The lowest BCUT2D eigenvalue weighted by molar-refractivity contribution is -0.139. The molecule has 6 nitrogen and oxygen atoms in total. The number of likely N-dealkylation sites (tertiary alicyclic amines) is 2. The third-order valence-corrected chi connectivity index (χ3v) is 5.63. The Kier molecular flexibility index (Phi) is 5.81. The van der Waals surface area contributed by atoms with Gasteiger partial charge in [0.05, 0.1) is 13.0 Å². The molecule has 2 heterocycles. The zero-order chi connectivity index (χ0) is 18.7. The van der Waals surface area contributed by atoms with E-state index in [-0.39, 0.29) is 23.8 Å². The number of benzene rings is 1. The molecule has 2 aliphatic rings. The highest BCUT2D eigenvalue weighted by atomic mass is 16.5. The Bertz CT molecular complexity index is 646. The van der Waals surface area contributed by atoms with Crippen molar-refractivity contribution < 1.29 is 14.3 Å². The molecule has 2 amide bonds. The first kappa shape index (κ1) is 18.7. The molecule has 3 rings (SSSR count). The lowest BCUT2D eigenvalue weighted by Gasteiger charge is -2.39. The van der Waals surface area contributed by atoms with Crippen LogP contribution >= 0.6 is 0 Å². The molecule has 2 aliphatic heterocycles. The molecular formula is C20H29N3O3. The molecule has 142 valence electrons. The van der Waals surface area contributed by atoms with Gasteiger partial charge in [0.25, 0.3) is 0 Å². The number of carbonyl (C=O) groups excluding carboxylic acids is 2. The van der Waals surface area contributed by atoms with Gasteiger partial charge in [0.2, 0.25) is 11.8 Å². The van der Waals surface area contributed by atoms with Crippen LogP contribution in [-0.2, 0) is 16.1 Å². The van der Waals surface area contributed by atoms with Gasteiger partial charge in [0.1, 0.15) is 5.75 Å². The van der Waals surface area contributed by atoms with Crippen LogP contribution in [0.5, 0.6) is 5.75 Å². The van der Waals surface area contributed by atoms with Crippen LogP contribution in [0.4, 0.5) is 0 Å². The second kappa shape index (κ2) is 8.08. The van der Waals surface area contributed by atoms with Crippen molar-refractivity contribution in [2.24, 2.45) is 17.6 Å². The highest BCUT2D eigenvalue weighted by Gasteiger charge is 2.39. The average molecular weight is 359 g/mol. The molecule has 2 saturated heterocycles. The normalized spacial score (nSPS) is 26.3. The molecule has 2 N–H and O–H groups in total. The lowest BCUT2D eigenvalue weighted by Crippen LogP contribution is -2.51. The maximum absolute atomic E-state index is 13.0. The SMILES string of the molecule is COc1ccc(CN2CC(C(=O)N3CCC(C)CC3CN)CC2=O)cc1. The molecule has 0 aromatic heterocycles. The summed E-state index contributed by atoms with van der Waals surface area (Å²) >= 11 is 0. The van der Waals surface area contributed by atoms with E-state index in [1.54, 1.807) is 12.0 Å². The van der Waals surface area contributed by atoms with Gasteiger partial charge in [-0.15, -0.1) is 0 Å². The van der Waals surface area contributed by atoms with E-state index in [4.69, 9.17) is 10.5 Å². The van der Waals surface area contributed by atoms with Crippen LogP contribution in [0.3, 0.4) is 0 Å². The largest absolute Gasteiger partial charge is 0.497 e. The molecule has 6 heteroatoms. The summed E-state index contributed by atoms with van der Waals surface area (Å²) in [5.74, 6) is 1.29. The Morgan fingerprint density at radius 2 is 2.04 bits per heavy atom. The number of nitrogens with zero attached hydrogens (tertiary/aromatic N) is 2. The van der Waals surface area contributed by atoms with Crippen molar-refractivity contribution in [2.75, 3.05) is 26.7 Å². The van der Waals surface area contributed by atoms with Crippen LogP contribution in [0.15, 0.2) is 24.3 Å². The van der Waals surface area contributed by atoms with Gasteiger partial charge >= 0.3 is 0 Å². The molecular weight excluding hydrogens is 330 g/mol. The van der Waals surface area contributed by atoms with E-state index in [9.17, 15) is 9.59 Å². The summed E-state index contributed by atoms with van der Waals surface area (Å²) < 4.78 is 5.16. The maximum atomic E-state index is 13.0. The molecule has 0 saturated carbocycles. The zero-order valence-corrected chi connectivity index (χ0v) is 15.7. The Hall–Kier alpha value is -2.08. The Morgan fingerprint density at radius 3 is 2.69 bits per heavy atom. The summed E-state index contributed by atoms with van der Waals surface area (Å²) in [5, 5.41) is 0. The molecule has 3 unspecified atom stereocenters. The lowest BCUT2D eigenvalue weighted by atomic mass is 9.91. The van der Waals surface area contributed by atoms with Gasteiger partial charge < -0.3 is 20.3 Å². The fourth-order valence-corrected chi connectivity index (χ4v) is 4.04. The molecule has 1 aromatic carbocycles. The fraction of sp³-hybridized carbons (Fsp3) is 0.600. The molecule has 0 bridgehead atoms. The van der Waals surface area contributed by atoms with Crippen molar-refractivity contribution in [2.45, 2.75) is 38.8 Å². The van der Waals surface area contributed by atoms with Gasteiger partial charge in [-0.2, -0.15) is 0 Å². The highest BCUT2D eigenvalue weighted by molar-refractivity contribution is 5.89. The first-order valence-electron chi connectivity index (χ1n) is 9.43. The first-order chi connectivity index (χ1) is 12.5. The topological polar surface area (TPSA) is 75.9 Å².